The van der Waals surface area contributed by atoms with Gasteiger partial charge in [-0.3, -0.25) is 4.79 Å². The zero-order valence-corrected chi connectivity index (χ0v) is 14.9. The number of hydrogen-bond donors (Lipinski definition) is 3. The molecule has 2 aliphatic rings. The van der Waals surface area contributed by atoms with E-state index in [-0.39, 0.29) is 30.7 Å². The van der Waals surface area contributed by atoms with Crippen LogP contribution in [0.2, 0.25) is 0 Å². The Balaban J connectivity index is 1.34. The Morgan fingerprint density at radius 3 is 2.96 bits per heavy atom. The average Bonchev–Trinajstić information content (AvgIpc) is 3.32. The minimum Gasteiger partial charge on any atom is -0.463 e. The first-order valence-electron chi connectivity index (χ1n) is 9.26. The van der Waals surface area contributed by atoms with Gasteiger partial charge in [0.25, 0.3) is 0 Å². The smallest absolute Gasteiger partial charge is 0.306 e. The van der Waals surface area contributed by atoms with Crippen molar-refractivity contribution in [3.05, 3.63) is 24.2 Å². The number of hydrogen-bond acceptors (Lipinski definition) is 8. The van der Waals surface area contributed by atoms with Crippen molar-refractivity contribution < 1.29 is 24.5 Å². The second kappa shape index (κ2) is 7.41. The average molecular weight is 376 g/mol. The summed E-state index contributed by atoms with van der Waals surface area (Å²) in [5.41, 5.74) is 7.29. The lowest BCUT2D eigenvalue weighted by molar-refractivity contribution is -0.150. The summed E-state index contributed by atoms with van der Waals surface area (Å²) in [5.74, 6) is 0.228. The largest absolute Gasteiger partial charge is 0.463 e. The van der Waals surface area contributed by atoms with Crippen molar-refractivity contribution in [2.75, 3.05) is 12.3 Å². The van der Waals surface area contributed by atoms with E-state index in [2.05, 4.69) is 10.1 Å². The van der Waals surface area contributed by atoms with E-state index in [4.69, 9.17) is 15.2 Å². The summed E-state index contributed by atoms with van der Waals surface area (Å²) in [5, 5.41) is 24.0. The topological polar surface area (TPSA) is 132 Å². The van der Waals surface area contributed by atoms with Crippen LogP contribution in [0.4, 0.5) is 5.82 Å². The Kier molecular flexibility index (Phi) is 4.98. The third-order valence-corrected chi connectivity index (χ3v) is 5.44. The van der Waals surface area contributed by atoms with Gasteiger partial charge in [0.2, 0.25) is 0 Å². The molecule has 146 valence electrons. The number of esters is 1. The highest BCUT2D eigenvalue weighted by Crippen LogP contribution is 2.34. The quantitative estimate of drug-likeness (QED) is 0.646. The van der Waals surface area contributed by atoms with Crippen molar-refractivity contribution in [3.8, 4) is 0 Å². The van der Waals surface area contributed by atoms with Crippen LogP contribution < -0.4 is 5.73 Å². The molecule has 2 unspecified atom stereocenters. The monoisotopic (exact) mass is 376 g/mol. The minimum absolute atomic E-state index is 0.00616. The number of nitrogens with two attached hydrogens (primary N) is 1. The summed E-state index contributed by atoms with van der Waals surface area (Å²) in [7, 11) is 0. The maximum absolute atomic E-state index is 12.0. The second-order valence-corrected chi connectivity index (χ2v) is 7.39. The first kappa shape index (κ1) is 18.1. The van der Waals surface area contributed by atoms with Gasteiger partial charge >= 0.3 is 5.97 Å². The fraction of sp³-hybridized carbons (Fsp3) is 0.611. The normalized spacial score (nSPS) is 30.8. The summed E-state index contributed by atoms with van der Waals surface area (Å²) in [6.45, 7) is 0.00616. The van der Waals surface area contributed by atoms with Gasteiger partial charge in [-0.2, -0.15) is 5.10 Å². The van der Waals surface area contributed by atoms with Crippen LogP contribution in [-0.4, -0.2) is 55.7 Å². The molecule has 1 saturated carbocycles. The molecular weight excluding hydrogens is 352 g/mol. The molecule has 0 bridgehead atoms. The highest BCUT2D eigenvalue weighted by Gasteiger charge is 2.37. The molecule has 9 nitrogen and oxygen atoms in total. The van der Waals surface area contributed by atoms with Crippen molar-refractivity contribution in [1.82, 2.24) is 14.6 Å². The lowest BCUT2D eigenvalue weighted by Gasteiger charge is -2.16. The number of anilines is 1. The van der Waals surface area contributed by atoms with Crippen molar-refractivity contribution in [2.45, 2.75) is 56.5 Å². The van der Waals surface area contributed by atoms with Gasteiger partial charge in [0.1, 0.15) is 30.7 Å². The Morgan fingerprint density at radius 2 is 2.19 bits per heavy atom. The van der Waals surface area contributed by atoms with Crippen molar-refractivity contribution >= 4 is 17.3 Å². The molecule has 1 saturated heterocycles. The van der Waals surface area contributed by atoms with Crippen molar-refractivity contribution in [2.24, 2.45) is 5.92 Å². The fourth-order valence-corrected chi connectivity index (χ4v) is 3.99. The van der Waals surface area contributed by atoms with E-state index >= 15 is 0 Å². The number of aromatic nitrogens is 3. The molecule has 0 aromatic carbocycles. The molecule has 5 atom stereocenters. The van der Waals surface area contributed by atoms with E-state index in [1.807, 2.05) is 12.1 Å². The molecule has 27 heavy (non-hydrogen) atoms. The molecule has 2 aromatic rings. The maximum atomic E-state index is 12.0. The van der Waals surface area contributed by atoms with Crippen LogP contribution in [0.1, 0.15) is 43.9 Å². The second-order valence-electron chi connectivity index (χ2n) is 7.39. The molecule has 1 aliphatic carbocycles. The first-order valence-corrected chi connectivity index (χ1v) is 9.26. The first-order chi connectivity index (χ1) is 13.0. The fourth-order valence-electron chi connectivity index (χ4n) is 3.99. The zero-order valence-electron chi connectivity index (χ0n) is 14.9. The van der Waals surface area contributed by atoms with Gasteiger partial charge in [0, 0.05) is 12.8 Å². The van der Waals surface area contributed by atoms with Crippen molar-refractivity contribution in [3.63, 3.8) is 0 Å². The molecule has 0 spiro atoms. The van der Waals surface area contributed by atoms with Crippen LogP contribution in [0.5, 0.6) is 0 Å². The maximum Gasteiger partial charge on any atom is 0.306 e. The van der Waals surface area contributed by atoms with Crippen LogP contribution in [0.15, 0.2) is 18.5 Å². The SMILES string of the molecule is Nc1ncnn2c([C@H]3C[C@H](O)[C@@H](COC(=O)CC4CCC(O)C4)O3)ccc12. The number of fused-ring (bicyclic) bond motifs is 1. The number of carbonyl (C=O) groups is 1. The van der Waals surface area contributed by atoms with Gasteiger partial charge in [0.05, 0.1) is 17.9 Å². The van der Waals surface area contributed by atoms with E-state index < -0.39 is 12.2 Å². The molecular formula is C18H24N4O5. The number of ether oxygens (including phenoxy) is 2. The molecule has 9 heteroatoms. The molecule has 2 aromatic heterocycles. The summed E-state index contributed by atoms with van der Waals surface area (Å²) in [6.07, 6.45) is 2.27. The lowest BCUT2D eigenvalue weighted by atomic mass is 10.0. The van der Waals surface area contributed by atoms with Crippen molar-refractivity contribution in [1.29, 1.82) is 0 Å². The van der Waals surface area contributed by atoms with Gasteiger partial charge in [-0.1, -0.05) is 0 Å². The number of nitrogen functional groups attached to an aromatic ring is 1. The summed E-state index contributed by atoms with van der Waals surface area (Å²) >= 11 is 0. The van der Waals surface area contributed by atoms with E-state index in [1.165, 1.54) is 6.33 Å². The standard InChI is InChI=1S/C18H24N4O5/c19-18-13-4-3-12(22(13)21-9-20-18)15-7-14(24)16(27-15)8-26-17(25)6-10-1-2-11(23)5-10/h3-4,9-11,14-16,23-24H,1-2,5-8H2,(H2,19,20,21)/t10?,11?,14-,15+,16+/m0/s1. The van der Waals surface area contributed by atoms with Gasteiger partial charge in [-0.15, -0.1) is 0 Å². The van der Waals surface area contributed by atoms with E-state index in [0.29, 0.717) is 30.6 Å². The Morgan fingerprint density at radius 1 is 1.33 bits per heavy atom. The summed E-state index contributed by atoms with van der Waals surface area (Å²) in [4.78, 5) is 16.0. The number of aliphatic hydroxyl groups excluding tert-OH is 2. The molecule has 0 radical (unpaired) electrons. The number of nitrogens with zero attached hydrogens (tertiary/aromatic N) is 3. The third kappa shape index (κ3) is 3.76. The van der Waals surface area contributed by atoms with Gasteiger partial charge in [0.15, 0.2) is 5.82 Å². The van der Waals surface area contributed by atoms with E-state index in [1.54, 1.807) is 4.52 Å². The summed E-state index contributed by atoms with van der Waals surface area (Å²) in [6, 6.07) is 3.65. The Bertz CT molecular complexity index is 825. The molecule has 2 fully saturated rings. The molecule has 3 heterocycles. The lowest BCUT2D eigenvalue weighted by Crippen LogP contribution is -2.28. The predicted octanol–water partition coefficient (Wildman–Crippen LogP) is 0.597. The molecule has 4 rings (SSSR count). The number of rotatable bonds is 5. The Labute approximate surface area is 156 Å². The van der Waals surface area contributed by atoms with Gasteiger partial charge < -0.3 is 25.4 Å². The number of carbonyl (C=O) groups excluding carboxylic acids is 1. The van der Waals surface area contributed by atoms with Crippen LogP contribution in [-0.2, 0) is 14.3 Å². The van der Waals surface area contributed by atoms with E-state index in [0.717, 1.165) is 18.5 Å². The molecule has 4 N–H and O–H groups in total. The Hall–Kier alpha value is -2.23. The van der Waals surface area contributed by atoms with E-state index in [9.17, 15) is 15.0 Å². The number of aliphatic hydroxyl groups is 2. The molecule has 0 amide bonds. The van der Waals surface area contributed by atoms with Gasteiger partial charge in [-0.25, -0.2) is 9.50 Å². The zero-order chi connectivity index (χ0) is 19.0. The van der Waals surface area contributed by atoms with Crippen LogP contribution >= 0.6 is 0 Å². The summed E-state index contributed by atoms with van der Waals surface area (Å²) < 4.78 is 12.9. The third-order valence-electron chi connectivity index (χ3n) is 5.44. The van der Waals surface area contributed by atoms with Crippen LogP contribution in [0.3, 0.4) is 0 Å². The van der Waals surface area contributed by atoms with Gasteiger partial charge in [-0.05, 0) is 37.3 Å². The van der Waals surface area contributed by atoms with Crippen LogP contribution in [0, 0.1) is 5.92 Å². The minimum atomic E-state index is -0.735. The highest BCUT2D eigenvalue weighted by atomic mass is 16.6. The van der Waals surface area contributed by atoms with Crippen LogP contribution in [0.25, 0.3) is 5.52 Å². The highest BCUT2D eigenvalue weighted by molar-refractivity contribution is 5.69. The molecule has 1 aliphatic heterocycles. The predicted molar refractivity (Wildman–Crippen MR) is 94.6 cm³/mol.